The molecule has 42 heavy (non-hydrogen) atoms. The van der Waals surface area contributed by atoms with E-state index in [-0.39, 0.29) is 38.8 Å². The fourth-order valence-corrected chi connectivity index (χ4v) is 4.18. The lowest BCUT2D eigenvalue weighted by molar-refractivity contribution is -0.149. The van der Waals surface area contributed by atoms with Gasteiger partial charge in [0.2, 0.25) is 5.78 Å². The highest BCUT2D eigenvalue weighted by atomic mass is 16.4. The fourth-order valence-electron chi connectivity index (χ4n) is 4.18. The summed E-state index contributed by atoms with van der Waals surface area (Å²) in [5.74, 6) is -7.93. The van der Waals surface area contributed by atoms with Gasteiger partial charge in [0.1, 0.15) is 24.2 Å². The first-order chi connectivity index (χ1) is 19.6. The zero-order chi connectivity index (χ0) is 32.0. The van der Waals surface area contributed by atoms with Crippen LogP contribution in [0.1, 0.15) is 38.5 Å². The average Bonchev–Trinajstić information content (AvgIpc) is 2.84. The van der Waals surface area contributed by atoms with E-state index >= 15 is 0 Å². The van der Waals surface area contributed by atoms with Gasteiger partial charge in [-0.05, 0) is 38.6 Å². The van der Waals surface area contributed by atoms with Gasteiger partial charge in [-0.25, -0.2) is 9.59 Å². The minimum Gasteiger partial charge on any atom is -0.480 e. The van der Waals surface area contributed by atoms with E-state index in [2.05, 4.69) is 10.6 Å². The van der Waals surface area contributed by atoms with Crippen LogP contribution in [0, 0.1) is 0 Å². The Balaban J connectivity index is 0.000000420. The molecule has 0 radical (unpaired) electrons. The van der Waals surface area contributed by atoms with Crippen molar-refractivity contribution in [2.75, 3.05) is 39.3 Å². The molecule has 5 atom stereocenters. The number of hydrogen-bond acceptors (Lipinski definition) is 12. The van der Waals surface area contributed by atoms with E-state index in [1.54, 1.807) is 9.80 Å². The molecule has 0 aromatic carbocycles. The zero-order valence-electron chi connectivity index (χ0n) is 22.8. The van der Waals surface area contributed by atoms with Crippen molar-refractivity contribution in [3.05, 3.63) is 0 Å². The third-order valence-electron chi connectivity index (χ3n) is 6.91. The molecule has 18 heteroatoms. The molecule has 2 aliphatic heterocycles. The van der Waals surface area contributed by atoms with Gasteiger partial charge in [-0.2, -0.15) is 0 Å². The van der Waals surface area contributed by atoms with E-state index in [0.717, 1.165) is 0 Å². The predicted molar refractivity (Wildman–Crippen MR) is 139 cm³/mol. The topological polar surface area (TPSA) is 292 Å². The molecule has 0 spiro atoms. The number of aliphatic hydroxyl groups is 1. The van der Waals surface area contributed by atoms with Crippen LogP contribution >= 0.6 is 0 Å². The van der Waals surface area contributed by atoms with Gasteiger partial charge in [-0.3, -0.25) is 33.8 Å². The minimum absolute atomic E-state index is 0.0484. The summed E-state index contributed by atoms with van der Waals surface area (Å²) in [7, 11) is 0. The first kappa shape index (κ1) is 36.3. The van der Waals surface area contributed by atoms with Crippen LogP contribution in [0.3, 0.4) is 0 Å². The summed E-state index contributed by atoms with van der Waals surface area (Å²) in [4.78, 5) is 78.7. The number of aliphatic hydroxyl groups excluding tert-OH is 1. The number of aliphatic carboxylic acids is 6. The molecule has 9 N–H and O–H groups in total. The van der Waals surface area contributed by atoms with Gasteiger partial charge in [0.05, 0.1) is 0 Å². The molecule has 2 rings (SSSR count). The molecule has 2 fully saturated rings. The number of nitrogens with zero attached hydrogens (tertiary/aromatic N) is 2. The summed E-state index contributed by atoms with van der Waals surface area (Å²) >= 11 is 0. The van der Waals surface area contributed by atoms with Crippen LogP contribution in [0.15, 0.2) is 0 Å². The van der Waals surface area contributed by atoms with Crippen LogP contribution in [0.2, 0.25) is 0 Å². The van der Waals surface area contributed by atoms with Crippen LogP contribution in [0.5, 0.6) is 0 Å². The van der Waals surface area contributed by atoms with E-state index in [1.165, 1.54) is 0 Å². The maximum absolute atomic E-state index is 11.1. The summed E-state index contributed by atoms with van der Waals surface area (Å²) in [5, 5.41) is 67.0. The second kappa shape index (κ2) is 18.0. The second-order valence-corrected chi connectivity index (χ2v) is 9.75. The summed E-state index contributed by atoms with van der Waals surface area (Å²) in [6.45, 7) is 1.88. The van der Waals surface area contributed by atoms with Crippen molar-refractivity contribution in [2.45, 2.75) is 68.8 Å². The highest BCUT2D eigenvalue weighted by molar-refractivity contribution is 6.32. The van der Waals surface area contributed by atoms with Crippen molar-refractivity contribution in [1.82, 2.24) is 20.4 Å². The van der Waals surface area contributed by atoms with E-state index in [1.807, 2.05) is 0 Å². The van der Waals surface area contributed by atoms with Crippen molar-refractivity contribution < 1.29 is 69.3 Å². The Bertz CT molecular complexity index is 992. The number of hydrogen-bond donors (Lipinski definition) is 9. The quantitative estimate of drug-likeness (QED) is 0.0625. The predicted octanol–water partition coefficient (Wildman–Crippen LogP) is -2.96. The highest BCUT2D eigenvalue weighted by Gasteiger charge is 2.35. The molecule has 0 bridgehead atoms. The summed E-state index contributed by atoms with van der Waals surface area (Å²) in [5.41, 5.74) is 0. The standard InChI is InChI=1S/C12H20N2O7.C12H18N2O7/c2*15-9(12(20)21)1-4-13-7(10(16)17)2-5-14-6-3-8(14)11(18)19/h7-9,13,15H,1-6H2,(H,16,17)(H,18,19)(H,20,21);7-8,13H,1-6H2,(H,16,17)(H,18,19)(H,20,21)/t7-,8-,9-;7?,8-/m00/s1. The molecule has 0 aliphatic carbocycles. The Labute approximate surface area is 239 Å². The first-order valence-corrected chi connectivity index (χ1v) is 13.2. The number of nitrogens with one attached hydrogen (secondary N) is 2. The van der Waals surface area contributed by atoms with Crippen LogP contribution in [-0.2, 0) is 33.6 Å². The van der Waals surface area contributed by atoms with Gasteiger partial charge >= 0.3 is 35.8 Å². The Hall–Kier alpha value is -3.71. The molecule has 238 valence electrons. The van der Waals surface area contributed by atoms with Gasteiger partial charge in [0, 0.05) is 39.1 Å². The van der Waals surface area contributed by atoms with Crippen molar-refractivity contribution in [3.8, 4) is 0 Å². The highest BCUT2D eigenvalue weighted by Crippen LogP contribution is 2.19. The van der Waals surface area contributed by atoms with E-state index in [4.69, 9.17) is 35.7 Å². The third kappa shape index (κ3) is 12.4. The Morgan fingerprint density at radius 2 is 1.07 bits per heavy atom. The van der Waals surface area contributed by atoms with Gasteiger partial charge in [0.25, 0.3) is 0 Å². The lowest BCUT2D eigenvalue weighted by atomic mass is 10.0. The van der Waals surface area contributed by atoms with Crippen LogP contribution in [0.4, 0.5) is 0 Å². The van der Waals surface area contributed by atoms with E-state index in [0.29, 0.717) is 39.0 Å². The van der Waals surface area contributed by atoms with Crippen molar-refractivity contribution in [2.24, 2.45) is 0 Å². The fraction of sp³-hybridized carbons (Fsp3) is 0.708. The summed E-state index contributed by atoms with van der Waals surface area (Å²) in [6, 6.07) is -2.95. The SMILES string of the molecule is O=C(O)C(=O)CCNC(CCN1CC[C@H]1C(=O)O)C(=O)O.O=C(O)[C@H](CCN1CC[C@H]1C(=O)O)NCC[C@H](O)C(=O)O. The molecule has 0 amide bonds. The zero-order valence-corrected chi connectivity index (χ0v) is 22.8. The van der Waals surface area contributed by atoms with Gasteiger partial charge in [-0.15, -0.1) is 0 Å². The number of ketones is 1. The molecule has 0 saturated carbocycles. The lowest BCUT2D eigenvalue weighted by Crippen LogP contribution is -2.54. The van der Waals surface area contributed by atoms with E-state index < -0.39 is 71.9 Å². The Morgan fingerprint density at radius 1 is 0.643 bits per heavy atom. The Kier molecular flexibility index (Phi) is 15.5. The first-order valence-electron chi connectivity index (χ1n) is 13.2. The van der Waals surface area contributed by atoms with Crippen LogP contribution in [0.25, 0.3) is 0 Å². The molecule has 2 saturated heterocycles. The lowest BCUT2D eigenvalue weighted by Gasteiger charge is -2.38. The van der Waals surface area contributed by atoms with E-state index in [9.17, 15) is 33.6 Å². The molecular weight excluding hydrogens is 568 g/mol. The molecule has 0 aromatic heterocycles. The van der Waals surface area contributed by atoms with Crippen molar-refractivity contribution in [3.63, 3.8) is 0 Å². The summed E-state index contributed by atoms with van der Waals surface area (Å²) < 4.78 is 0. The summed E-state index contributed by atoms with van der Waals surface area (Å²) in [6.07, 6.45) is -0.415. The smallest absolute Gasteiger partial charge is 0.372 e. The molecule has 2 heterocycles. The molecule has 1 unspecified atom stereocenters. The number of likely N-dealkylation sites (tertiary alicyclic amines) is 2. The maximum atomic E-state index is 11.1. The van der Waals surface area contributed by atoms with Crippen LogP contribution in [-0.4, -0.2) is 157 Å². The third-order valence-corrected chi connectivity index (χ3v) is 6.91. The number of carbonyl (C=O) groups is 7. The number of rotatable bonds is 20. The largest absolute Gasteiger partial charge is 0.480 e. The molecular formula is C24H38N4O14. The second-order valence-electron chi connectivity index (χ2n) is 9.75. The molecule has 18 nitrogen and oxygen atoms in total. The van der Waals surface area contributed by atoms with Gasteiger partial charge < -0.3 is 46.4 Å². The molecule has 0 aromatic rings. The number of Topliss-reactive ketones (excluding diaryl/α,β-unsaturated/α-hetero) is 1. The van der Waals surface area contributed by atoms with Gasteiger partial charge in [-0.1, -0.05) is 0 Å². The number of carboxylic acids is 6. The number of carbonyl (C=O) groups excluding carboxylic acids is 1. The Morgan fingerprint density at radius 3 is 1.38 bits per heavy atom. The van der Waals surface area contributed by atoms with Crippen molar-refractivity contribution >= 4 is 41.6 Å². The monoisotopic (exact) mass is 606 g/mol. The normalized spacial score (nSPS) is 20.4. The minimum atomic E-state index is -1.55. The van der Waals surface area contributed by atoms with Crippen molar-refractivity contribution in [1.29, 1.82) is 0 Å². The van der Waals surface area contributed by atoms with Crippen LogP contribution < -0.4 is 10.6 Å². The number of carboxylic acid groups (broad SMARTS) is 6. The average molecular weight is 607 g/mol. The maximum Gasteiger partial charge on any atom is 0.372 e. The molecule has 2 aliphatic rings. The van der Waals surface area contributed by atoms with Gasteiger partial charge in [0.15, 0.2) is 6.10 Å².